The highest BCUT2D eigenvalue weighted by Gasteiger charge is 1.95. The van der Waals surface area contributed by atoms with Crippen LogP contribution < -0.4 is 11.1 Å². The maximum absolute atomic E-state index is 5.48. The molecule has 0 aliphatic rings. The van der Waals surface area contributed by atoms with Crippen LogP contribution in [0.1, 0.15) is 0 Å². The van der Waals surface area contributed by atoms with Crippen molar-refractivity contribution in [1.82, 2.24) is 25.0 Å². The summed E-state index contributed by atoms with van der Waals surface area (Å²) < 4.78 is 1.73. The van der Waals surface area contributed by atoms with Crippen molar-refractivity contribution in [3.05, 3.63) is 24.8 Å². The second kappa shape index (κ2) is 4.36. The average Bonchev–Trinajstić information content (AvgIpc) is 2.71. The second-order valence-corrected chi connectivity index (χ2v) is 2.92. The molecule has 2 heterocycles. The van der Waals surface area contributed by atoms with Crippen molar-refractivity contribution >= 4 is 11.6 Å². The van der Waals surface area contributed by atoms with Gasteiger partial charge in [0.25, 0.3) is 0 Å². The van der Waals surface area contributed by atoms with Gasteiger partial charge >= 0.3 is 0 Å². The van der Waals surface area contributed by atoms with E-state index in [0.717, 1.165) is 6.54 Å². The van der Waals surface area contributed by atoms with Gasteiger partial charge in [-0.15, -0.1) is 5.10 Å². The monoisotopic (exact) mass is 205 g/mol. The molecule has 0 aliphatic carbocycles. The number of nitrogens with two attached hydrogens (primary N) is 1. The molecule has 0 atom stereocenters. The van der Waals surface area contributed by atoms with E-state index in [1.807, 2.05) is 0 Å². The lowest BCUT2D eigenvalue weighted by atomic mass is 10.5. The van der Waals surface area contributed by atoms with E-state index in [1.54, 1.807) is 23.3 Å². The molecule has 7 heteroatoms. The Balaban J connectivity index is 1.83. The number of rotatable bonds is 4. The summed E-state index contributed by atoms with van der Waals surface area (Å²) in [7, 11) is 0. The Morgan fingerprint density at radius 3 is 3.07 bits per heavy atom. The molecule has 7 nitrogen and oxygen atoms in total. The molecule has 0 aromatic carbocycles. The van der Waals surface area contributed by atoms with Gasteiger partial charge < -0.3 is 11.1 Å². The summed E-state index contributed by atoms with van der Waals surface area (Å²) in [5, 5.41) is 10.6. The van der Waals surface area contributed by atoms with Gasteiger partial charge in [-0.25, -0.2) is 4.98 Å². The van der Waals surface area contributed by atoms with Crippen LogP contribution in [0.3, 0.4) is 0 Å². The number of hydrogen-bond acceptors (Lipinski definition) is 6. The molecule has 2 aromatic heterocycles. The molecule has 3 N–H and O–H groups in total. The van der Waals surface area contributed by atoms with Crippen LogP contribution in [0.15, 0.2) is 24.8 Å². The summed E-state index contributed by atoms with van der Waals surface area (Å²) in [6, 6.07) is 0. The summed E-state index contributed by atoms with van der Waals surface area (Å²) in [5.41, 5.74) is 5.48. The second-order valence-electron chi connectivity index (χ2n) is 2.92. The van der Waals surface area contributed by atoms with Crippen molar-refractivity contribution in [2.75, 3.05) is 17.6 Å². The van der Waals surface area contributed by atoms with Crippen LogP contribution in [0, 0.1) is 0 Å². The number of nitrogen functional groups attached to an aromatic ring is 1. The first kappa shape index (κ1) is 9.38. The maximum atomic E-state index is 5.48. The van der Waals surface area contributed by atoms with Gasteiger partial charge in [0.1, 0.15) is 11.6 Å². The lowest BCUT2D eigenvalue weighted by molar-refractivity contribution is 0.608. The van der Waals surface area contributed by atoms with E-state index in [2.05, 4.69) is 25.6 Å². The molecule has 0 fully saturated rings. The van der Waals surface area contributed by atoms with Gasteiger partial charge in [-0.2, -0.15) is 0 Å². The minimum absolute atomic E-state index is 0.403. The van der Waals surface area contributed by atoms with Crippen molar-refractivity contribution < 1.29 is 0 Å². The quantitative estimate of drug-likeness (QED) is 0.715. The molecule has 0 aliphatic heterocycles. The molecule has 2 rings (SSSR count). The lowest BCUT2D eigenvalue weighted by Gasteiger charge is -2.04. The molecular weight excluding hydrogens is 194 g/mol. The largest absolute Gasteiger partial charge is 0.382 e. The van der Waals surface area contributed by atoms with Crippen LogP contribution >= 0.6 is 0 Å². The fraction of sp³-hybridized carbons (Fsp3) is 0.250. The Hall–Kier alpha value is -2.18. The summed E-state index contributed by atoms with van der Waals surface area (Å²) >= 11 is 0. The third kappa shape index (κ3) is 2.63. The molecule has 15 heavy (non-hydrogen) atoms. The van der Waals surface area contributed by atoms with Crippen LogP contribution in [0.5, 0.6) is 0 Å². The molecule has 0 amide bonds. The smallest absolute Gasteiger partial charge is 0.147 e. The van der Waals surface area contributed by atoms with Gasteiger partial charge in [-0.05, 0) is 0 Å². The Kier molecular flexibility index (Phi) is 2.72. The van der Waals surface area contributed by atoms with Gasteiger partial charge in [0.05, 0.1) is 25.1 Å². The summed E-state index contributed by atoms with van der Waals surface area (Å²) in [6.07, 6.45) is 6.56. The van der Waals surface area contributed by atoms with Crippen molar-refractivity contribution in [1.29, 1.82) is 0 Å². The van der Waals surface area contributed by atoms with E-state index < -0.39 is 0 Å². The van der Waals surface area contributed by atoms with Crippen LogP contribution in [0.4, 0.5) is 11.6 Å². The molecule has 0 unspecified atom stereocenters. The van der Waals surface area contributed by atoms with E-state index >= 15 is 0 Å². The fourth-order valence-corrected chi connectivity index (χ4v) is 1.12. The number of aromatic nitrogens is 5. The summed E-state index contributed by atoms with van der Waals surface area (Å²) in [4.78, 5) is 7.97. The Morgan fingerprint density at radius 1 is 1.40 bits per heavy atom. The van der Waals surface area contributed by atoms with Crippen molar-refractivity contribution in [3.63, 3.8) is 0 Å². The zero-order chi connectivity index (χ0) is 10.5. The van der Waals surface area contributed by atoms with Crippen LogP contribution in [-0.2, 0) is 6.54 Å². The number of anilines is 2. The highest BCUT2D eigenvalue weighted by Crippen LogP contribution is 2.01. The summed E-state index contributed by atoms with van der Waals surface area (Å²) in [5.74, 6) is 1.07. The zero-order valence-electron chi connectivity index (χ0n) is 8.04. The van der Waals surface area contributed by atoms with Gasteiger partial charge in [0.2, 0.25) is 0 Å². The highest BCUT2D eigenvalue weighted by molar-refractivity contribution is 5.37. The first-order chi connectivity index (χ1) is 7.34. The van der Waals surface area contributed by atoms with Crippen molar-refractivity contribution in [2.24, 2.45) is 0 Å². The van der Waals surface area contributed by atoms with Crippen molar-refractivity contribution in [3.8, 4) is 0 Å². The first-order valence-corrected chi connectivity index (χ1v) is 4.50. The van der Waals surface area contributed by atoms with Crippen LogP contribution in [0.25, 0.3) is 0 Å². The normalized spacial score (nSPS) is 10.1. The Labute approximate surface area is 86.3 Å². The highest BCUT2D eigenvalue weighted by atomic mass is 15.4. The molecule has 0 bridgehead atoms. The third-order valence-electron chi connectivity index (χ3n) is 1.77. The predicted octanol–water partition coefficient (Wildman–Crippen LogP) is -0.238. The Bertz CT molecular complexity index is 411. The Morgan fingerprint density at radius 2 is 2.33 bits per heavy atom. The average molecular weight is 205 g/mol. The summed E-state index contributed by atoms with van der Waals surface area (Å²) in [6.45, 7) is 1.41. The van der Waals surface area contributed by atoms with Gasteiger partial charge in [0.15, 0.2) is 0 Å². The molecular formula is C8H11N7. The van der Waals surface area contributed by atoms with Crippen LogP contribution in [0.2, 0.25) is 0 Å². The minimum Gasteiger partial charge on any atom is -0.382 e. The number of hydrogen-bond donors (Lipinski definition) is 2. The van der Waals surface area contributed by atoms with E-state index in [-0.39, 0.29) is 0 Å². The van der Waals surface area contributed by atoms with Gasteiger partial charge in [0, 0.05) is 12.7 Å². The predicted molar refractivity (Wildman–Crippen MR) is 55.0 cm³/mol. The third-order valence-corrected chi connectivity index (χ3v) is 1.77. The molecule has 0 saturated carbocycles. The molecule has 2 aromatic rings. The SMILES string of the molecule is Nc1cncc(NCCn2ccnn2)n1. The lowest BCUT2D eigenvalue weighted by Crippen LogP contribution is -2.12. The van der Waals surface area contributed by atoms with Gasteiger partial charge in [-0.3, -0.25) is 9.67 Å². The molecule has 0 radical (unpaired) electrons. The van der Waals surface area contributed by atoms with E-state index in [1.165, 1.54) is 6.20 Å². The topological polar surface area (TPSA) is 94.5 Å². The van der Waals surface area contributed by atoms with Gasteiger partial charge in [-0.1, -0.05) is 5.21 Å². The standard InChI is InChI=1S/C8H11N7/c9-7-5-10-6-8(13-7)11-1-3-15-4-2-12-14-15/h2,4-6H,1,3H2,(H3,9,11,13). The molecule has 0 spiro atoms. The van der Waals surface area contributed by atoms with E-state index in [0.29, 0.717) is 18.2 Å². The number of nitrogens with one attached hydrogen (secondary N) is 1. The van der Waals surface area contributed by atoms with Crippen LogP contribution in [-0.4, -0.2) is 31.5 Å². The fourth-order valence-electron chi connectivity index (χ4n) is 1.12. The minimum atomic E-state index is 0.403. The van der Waals surface area contributed by atoms with Crippen molar-refractivity contribution in [2.45, 2.75) is 6.54 Å². The molecule has 78 valence electrons. The maximum Gasteiger partial charge on any atom is 0.147 e. The first-order valence-electron chi connectivity index (χ1n) is 4.50. The van der Waals surface area contributed by atoms with E-state index in [4.69, 9.17) is 5.73 Å². The van der Waals surface area contributed by atoms with E-state index in [9.17, 15) is 0 Å². The number of nitrogens with zero attached hydrogens (tertiary/aromatic N) is 5. The zero-order valence-corrected chi connectivity index (χ0v) is 8.04. The molecule has 0 saturated heterocycles.